The van der Waals surface area contributed by atoms with Crippen LogP contribution in [0, 0.1) is 31.0 Å². The first-order valence-corrected chi connectivity index (χ1v) is 6.09. The van der Waals surface area contributed by atoms with Gasteiger partial charge in [0.05, 0.1) is 11.8 Å². The third-order valence-corrected chi connectivity index (χ3v) is 3.17. The first-order valence-electron chi connectivity index (χ1n) is 6.09. The predicted molar refractivity (Wildman–Crippen MR) is 74.3 cm³/mol. The van der Waals surface area contributed by atoms with E-state index < -0.39 is 6.04 Å². The highest BCUT2D eigenvalue weighted by molar-refractivity contribution is 5.49. The molecular formula is C16H15FN2. The standard InChI is InChI=1S/C16H15FN2/c1-11-7-8-13(9-12(11)2)16(10-18)19-15-6-4-3-5-14(15)17/h3-9,16,19H,1-2H3. The van der Waals surface area contributed by atoms with E-state index in [0.717, 1.165) is 11.1 Å². The number of hydrogen-bond donors (Lipinski definition) is 1. The Balaban J connectivity index is 2.28. The summed E-state index contributed by atoms with van der Waals surface area (Å²) in [6, 6.07) is 13.8. The van der Waals surface area contributed by atoms with Gasteiger partial charge in [0.1, 0.15) is 11.9 Å². The Hall–Kier alpha value is -2.34. The number of nitrogens with zero attached hydrogens (tertiary/aromatic N) is 1. The second-order valence-corrected chi connectivity index (χ2v) is 4.53. The maximum absolute atomic E-state index is 13.6. The second-order valence-electron chi connectivity index (χ2n) is 4.53. The molecule has 0 aliphatic heterocycles. The number of aryl methyl sites for hydroxylation is 2. The summed E-state index contributed by atoms with van der Waals surface area (Å²) in [5.74, 6) is -0.355. The molecular weight excluding hydrogens is 239 g/mol. The van der Waals surface area contributed by atoms with Crippen LogP contribution in [0.4, 0.5) is 10.1 Å². The van der Waals surface area contributed by atoms with Gasteiger partial charge in [0.25, 0.3) is 0 Å². The van der Waals surface area contributed by atoms with Crippen molar-refractivity contribution in [2.24, 2.45) is 0 Å². The Labute approximate surface area is 112 Å². The molecule has 0 aromatic heterocycles. The third-order valence-electron chi connectivity index (χ3n) is 3.17. The summed E-state index contributed by atoms with van der Waals surface area (Å²) in [5.41, 5.74) is 3.47. The van der Waals surface area contributed by atoms with E-state index in [9.17, 15) is 9.65 Å². The topological polar surface area (TPSA) is 35.8 Å². The van der Waals surface area contributed by atoms with Gasteiger partial charge in [-0.15, -0.1) is 0 Å². The minimum absolute atomic E-state index is 0.340. The second kappa shape index (κ2) is 5.53. The lowest BCUT2D eigenvalue weighted by molar-refractivity contribution is 0.629. The molecule has 0 radical (unpaired) electrons. The molecule has 1 unspecified atom stereocenters. The molecule has 2 aromatic carbocycles. The Bertz CT molecular complexity index is 629. The lowest BCUT2D eigenvalue weighted by atomic mass is 10.0. The number of rotatable bonds is 3. The van der Waals surface area contributed by atoms with Gasteiger partial charge in [0.2, 0.25) is 0 Å². The highest BCUT2D eigenvalue weighted by atomic mass is 19.1. The largest absolute Gasteiger partial charge is 0.364 e. The molecule has 2 rings (SSSR count). The lowest BCUT2D eigenvalue weighted by Crippen LogP contribution is -2.10. The van der Waals surface area contributed by atoms with Crippen LogP contribution in [-0.4, -0.2) is 0 Å². The summed E-state index contributed by atoms with van der Waals surface area (Å²) >= 11 is 0. The van der Waals surface area contributed by atoms with E-state index in [1.165, 1.54) is 11.6 Å². The average Bonchev–Trinajstić information content (AvgIpc) is 2.41. The van der Waals surface area contributed by atoms with Crippen LogP contribution in [0.1, 0.15) is 22.7 Å². The average molecular weight is 254 g/mol. The third kappa shape index (κ3) is 2.92. The molecule has 2 nitrogen and oxygen atoms in total. The van der Waals surface area contributed by atoms with Crippen molar-refractivity contribution in [1.29, 1.82) is 5.26 Å². The van der Waals surface area contributed by atoms with Gasteiger partial charge in [-0.2, -0.15) is 5.26 Å². The molecule has 0 saturated heterocycles. The van der Waals surface area contributed by atoms with Gasteiger partial charge in [-0.3, -0.25) is 0 Å². The van der Waals surface area contributed by atoms with Crippen LogP contribution in [-0.2, 0) is 0 Å². The van der Waals surface area contributed by atoms with Gasteiger partial charge in [0.15, 0.2) is 0 Å². The van der Waals surface area contributed by atoms with Gasteiger partial charge >= 0.3 is 0 Å². The van der Waals surface area contributed by atoms with Crippen LogP contribution in [0.15, 0.2) is 42.5 Å². The Morgan fingerprint density at radius 3 is 2.47 bits per heavy atom. The molecule has 19 heavy (non-hydrogen) atoms. The van der Waals surface area contributed by atoms with Crippen molar-refractivity contribution in [2.45, 2.75) is 19.9 Å². The van der Waals surface area contributed by atoms with Gasteiger partial charge < -0.3 is 5.32 Å². The van der Waals surface area contributed by atoms with E-state index in [4.69, 9.17) is 0 Å². The van der Waals surface area contributed by atoms with E-state index in [0.29, 0.717) is 5.69 Å². The fourth-order valence-electron chi connectivity index (χ4n) is 1.87. The monoisotopic (exact) mass is 254 g/mol. The number of para-hydroxylation sites is 1. The van der Waals surface area contributed by atoms with Crippen molar-refractivity contribution in [3.63, 3.8) is 0 Å². The Kier molecular flexibility index (Phi) is 3.82. The number of hydrogen-bond acceptors (Lipinski definition) is 2. The van der Waals surface area contributed by atoms with Crippen molar-refractivity contribution in [3.05, 3.63) is 65.0 Å². The molecule has 2 aromatic rings. The first kappa shape index (κ1) is 13.1. The van der Waals surface area contributed by atoms with Crippen LogP contribution < -0.4 is 5.32 Å². The van der Waals surface area contributed by atoms with E-state index in [-0.39, 0.29) is 5.82 Å². The number of halogens is 1. The number of benzene rings is 2. The summed E-state index contributed by atoms with van der Waals surface area (Å²) < 4.78 is 13.6. The molecule has 0 aliphatic rings. The van der Waals surface area contributed by atoms with Crippen molar-refractivity contribution in [2.75, 3.05) is 5.32 Å². The van der Waals surface area contributed by atoms with E-state index in [1.54, 1.807) is 18.2 Å². The molecule has 1 atom stereocenters. The van der Waals surface area contributed by atoms with Crippen molar-refractivity contribution < 1.29 is 4.39 Å². The molecule has 0 heterocycles. The number of nitriles is 1. The van der Waals surface area contributed by atoms with Crippen molar-refractivity contribution >= 4 is 5.69 Å². The predicted octanol–water partition coefficient (Wildman–Crippen LogP) is 4.12. The summed E-state index contributed by atoms with van der Waals surface area (Å²) in [6.07, 6.45) is 0. The number of anilines is 1. The van der Waals surface area contributed by atoms with Gasteiger partial charge in [-0.25, -0.2) is 4.39 Å². The zero-order valence-electron chi connectivity index (χ0n) is 10.9. The molecule has 0 fully saturated rings. The summed E-state index contributed by atoms with van der Waals surface area (Å²) in [5, 5.41) is 12.2. The molecule has 0 aliphatic carbocycles. The SMILES string of the molecule is Cc1ccc(C(C#N)Nc2ccccc2F)cc1C. The quantitative estimate of drug-likeness (QED) is 0.894. The van der Waals surface area contributed by atoms with E-state index >= 15 is 0 Å². The van der Waals surface area contributed by atoms with Crippen LogP contribution in [0.25, 0.3) is 0 Å². The van der Waals surface area contributed by atoms with E-state index in [1.807, 2.05) is 32.0 Å². The lowest BCUT2D eigenvalue weighted by Gasteiger charge is -2.15. The van der Waals surface area contributed by atoms with Gasteiger partial charge in [0, 0.05) is 0 Å². The van der Waals surface area contributed by atoms with Crippen LogP contribution in [0.2, 0.25) is 0 Å². The van der Waals surface area contributed by atoms with Crippen LogP contribution in [0.3, 0.4) is 0 Å². The fourth-order valence-corrected chi connectivity index (χ4v) is 1.87. The van der Waals surface area contributed by atoms with Crippen molar-refractivity contribution in [1.82, 2.24) is 0 Å². The van der Waals surface area contributed by atoms with Gasteiger partial charge in [-0.05, 0) is 42.7 Å². The smallest absolute Gasteiger partial charge is 0.146 e. The minimum atomic E-state index is -0.559. The minimum Gasteiger partial charge on any atom is -0.364 e. The fraction of sp³-hybridized carbons (Fsp3) is 0.188. The normalized spacial score (nSPS) is 11.7. The van der Waals surface area contributed by atoms with Crippen molar-refractivity contribution in [3.8, 4) is 6.07 Å². The van der Waals surface area contributed by atoms with Crippen LogP contribution in [0.5, 0.6) is 0 Å². The van der Waals surface area contributed by atoms with E-state index in [2.05, 4.69) is 11.4 Å². The highest BCUT2D eigenvalue weighted by Gasteiger charge is 2.12. The van der Waals surface area contributed by atoms with Gasteiger partial charge in [-0.1, -0.05) is 30.3 Å². The van der Waals surface area contributed by atoms with Crippen LogP contribution >= 0.6 is 0 Å². The summed E-state index contributed by atoms with van der Waals surface area (Å²) in [7, 11) is 0. The summed E-state index contributed by atoms with van der Waals surface area (Å²) in [6.45, 7) is 4.02. The molecule has 1 N–H and O–H groups in total. The molecule has 0 spiro atoms. The zero-order valence-corrected chi connectivity index (χ0v) is 10.9. The molecule has 0 amide bonds. The highest BCUT2D eigenvalue weighted by Crippen LogP contribution is 2.23. The molecule has 3 heteroatoms. The number of nitrogens with one attached hydrogen (secondary N) is 1. The Morgan fingerprint density at radius 2 is 1.84 bits per heavy atom. The Morgan fingerprint density at radius 1 is 1.11 bits per heavy atom. The molecule has 0 bridgehead atoms. The first-order chi connectivity index (χ1) is 9.11. The molecule has 0 saturated carbocycles. The molecule has 96 valence electrons. The summed E-state index contributed by atoms with van der Waals surface area (Å²) in [4.78, 5) is 0. The maximum Gasteiger partial charge on any atom is 0.146 e. The zero-order chi connectivity index (χ0) is 13.8. The maximum atomic E-state index is 13.6.